The quantitative estimate of drug-likeness (QED) is 0.330. The molecule has 10 heteroatoms. The smallest absolute Gasteiger partial charge is 0.229 e. The van der Waals surface area contributed by atoms with Gasteiger partial charge in [0.2, 0.25) is 16.7 Å². The predicted octanol–water partition coefficient (Wildman–Crippen LogP) is -0.183. The number of methoxy groups -OCH3 is 2. The van der Waals surface area contributed by atoms with E-state index in [1.807, 2.05) is 0 Å². The molecule has 0 saturated carbocycles. The summed E-state index contributed by atoms with van der Waals surface area (Å²) in [6.07, 6.45) is -4.34. The number of carbonyl (C=O) groups is 1. The van der Waals surface area contributed by atoms with Gasteiger partial charge >= 0.3 is 0 Å². The molecule has 0 bridgehead atoms. The summed E-state index contributed by atoms with van der Waals surface area (Å²) in [7, 11) is 2.77. The van der Waals surface area contributed by atoms with E-state index in [9.17, 15) is 25.2 Å². The summed E-state index contributed by atoms with van der Waals surface area (Å²) in [4.78, 5) is 11.0. The topological polar surface area (TPSA) is 135 Å². The van der Waals surface area contributed by atoms with Crippen molar-refractivity contribution < 1.29 is 44.2 Å². The largest absolute Gasteiger partial charge is 0.493 e. The zero-order chi connectivity index (χ0) is 20.1. The number of halogens is 1. The van der Waals surface area contributed by atoms with Crippen molar-refractivity contribution in [2.45, 2.75) is 30.7 Å². The second-order valence-electron chi connectivity index (χ2n) is 5.71. The minimum atomic E-state index is -1.58. The third-order valence-electron chi connectivity index (χ3n) is 3.97. The van der Waals surface area contributed by atoms with Gasteiger partial charge in [-0.3, -0.25) is 4.79 Å². The molecule has 27 heavy (non-hydrogen) atoms. The van der Waals surface area contributed by atoms with E-state index < -0.39 is 37.3 Å². The average molecular weight is 449 g/mol. The summed E-state index contributed by atoms with van der Waals surface area (Å²) >= 11 is 2.79. The number of rotatable bonds is 7. The number of carbonyl (C=O) groups excluding carboxylic acids is 1. The van der Waals surface area contributed by atoms with Crippen molar-refractivity contribution in [2.75, 3.05) is 20.8 Å². The Morgan fingerprint density at radius 3 is 2.22 bits per heavy atom. The van der Waals surface area contributed by atoms with Gasteiger partial charge in [-0.15, -0.1) is 0 Å². The number of hydrogen-bond acceptors (Lipinski definition) is 9. The molecule has 0 aromatic heterocycles. The van der Waals surface area contributed by atoms with Gasteiger partial charge in [-0.2, -0.15) is 0 Å². The van der Waals surface area contributed by atoms with Crippen LogP contribution in [0.25, 0.3) is 6.08 Å². The highest BCUT2D eigenvalue weighted by atomic mass is 79.9. The zero-order valence-corrected chi connectivity index (χ0v) is 16.2. The molecule has 1 saturated heterocycles. The molecule has 2 rings (SSSR count). The lowest BCUT2D eigenvalue weighted by Crippen LogP contribution is -2.60. The van der Waals surface area contributed by atoms with Crippen LogP contribution in [-0.2, 0) is 9.53 Å². The number of allylic oxidation sites excluding steroid dienone is 1. The van der Waals surface area contributed by atoms with Crippen molar-refractivity contribution in [3.8, 4) is 17.2 Å². The molecule has 0 amide bonds. The van der Waals surface area contributed by atoms with Crippen molar-refractivity contribution in [1.29, 1.82) is 0 Å². The van der Waals surface area contributed by atoms with Gasteiger partial charge in [-0.05, 0) is 39.7 Å². The Labute approximate surface area is 163 Å². The van der Waals surface area contributed by atoms with E-state index in [4.69, 9.17) is 18.9 Å². The molecule has 4 N–H and O–H groups in total. The van der Waals surface area contributed by atoms with E-state index in [0.29, 0.717) is 5.56 Å². The maximum Gasteiger partial charge on any atom is 0.229 e. The van der Waals surface area contributed by atoms with Crippen LogP contribution in [-0.4, -0.2) is 76.7 Å². The molecule has 0 aliphatic carbocycles. The monoisotopic (exact) mass is 448 g/mol. The number of aliphatic hydroxyl groups is 4. The number of benzene rings is 1. The normalized spacial score (nSPS) is 28.2. The molecule has 1 aliphatic rings. The van der Waals surface area contributed by atoms with Gasteiger partial charge in [0.15, 0.2) is 11.5 Å². The van der Waals surface area contributed by atoms with Gasteiger partial charge in [0, 0.05) is 0 Å². The van der Waals surface area contributed by atoms with Crippen LogP contribution in [0.2, 0.25) is 0 Å². The van der Waals surface area contributed by atoms with Crippen molar-refractivity contribution in [3.63, 3.8) is 0 Å². The van der Waals surface area contributed by atoms with E-state index in [1.54, 1.807) is 12.1 Å². The van der Waals surface area contributed by atoms with Gasteiger partial charge < -0.3 is 39.4 Å². The first-order valence-electron chi connectivity index (χ1n) is 7.93. The lowest BCUT2D eigenvalue weighted by Gasteiger charge is -2.39. The first-order valence-corrected chi connectivity index (χ1v) is 8.72. The van der Waals surface area contributed by atoms with E-state index in [-0.39, 0.29) is 21.9 Å². The van der Waals surface area contributed by atoms with E-state index in [1.165, 1.54) is 26.4 Å². The molecule has 0 spiro atoms. The fourth-order valence-electron chi connectivity index (χ4n) is 2.56. The second kappa shape index (κ2) is 9.49. The fraction of sp³-hybridized carbons (Fsp3) is 0.471. The standard InChI is InChI=1S/C17H21BrO9/c1-24-9-5-8(3-4-12(18)20)6-10(25-2)16(9)27-17-15(23)14(22)13(21)11(7-19)26-17/h3-6,11,13-15,17,19,21-23H,7H2,1-2H3/t11-,13-,14+,15+,17-/m1/s1. The van der Waals surface area contributed by atoms with Crippen LogP contribution in [0, 0.1) is 0 Å². The Bertz CT molecular complexity index is 666. The predicted molar refractivity (Wildman–Crippen MR) is 96.9 cm³/mol. The third kappa shape index (κ3) is 4.98. The van der Waals surface area contributed by atoms with Crippen LogP contribution in [0.3, 0.4) is 0 Å². The third-order valence-corrected chi connectivity index (χ3v) is 4.24. The van der Waals surface area contributed by atoms with Gasteiger partial charge in [-0.1, -0.05) is 6.08 Å². The summed E-state index contributed by atoms with van der Waals surface area (Å²) in [5.41, 5.74) is 0.581. The highest BCUT2D eigenvalue weighted by Crippen LogP contribution is 2.40. The minimum absolute atomic E-state index is 0.0756. The van der Waals surface area contributed by atoms with Crippen LogP contribution in [0.15, 0.2) is 18.2 Å². The van der Waals surface area contributed by atoms with Crippen LogP contribution >= 0.6 is 15.9 Å². The average Bonchev–Trinajstić information content (AvgIpc) is 2.66. The van der Waals surface area contributed by atoms with Crippen LogP contribution < -0.4 is 14.2 Å². The van der Waals surface area contributed by atoms with Crippen molar-refractivity contribution >= 4 is 26.7 Å². The molecular formula is C17H21BrO9. The number of hydrogen-bond donors (Lipinski definition) is 4. The van der Waals surface area contributed by atoms with Crippen LogP contribution in [0.1, 0.15) is 5.56 Å². The number of ether oxygens (including phenoxy) is 4. The van der Waals surface area contributed by atoms with Gasteiger partial charge in [0.25, 0.3) is 0 Å². The van der Waals surface area contributed by atoms with Gasteiger partial charge in [-0.25, -0.2) is 0 Å². The minimum Gasteiger partial charge on any atom is -0.493 e. The molecule has 0 radical (unpaired) electrons. The Kier molecular flexibility index (Phi) is 7.59. The lowest BCUT2D eigenvalue weighted by atomic mass is 9.99. The molecule has 1 aliphatic heterocycles. The van der Waals surface area contributed by atoms with Crippen molar-refractivity contribution in [2.24, 2.45) is 0 Å². The molecule has 1 heterocycles. The van der Waals surface area contributed by atoms with Crippen molar-refractivity contribution in [3.05, 3.63) is 23.8 Å². The fourth-order valence-corrected chi connectivity index (χ4v) is 2.69. The Hall–Kier alpha value is -1.69. The molecule has 0 unspecified atom stereocenters. The lowest BCUT2D eigenvalue weighted by molar-refractivity contribution is -0.277. The van der Waals surface area contributed by atoms with E-state index in [2.05, 4.69) is 15.9 Å². The first kappa shape index (κ1) is 21.6. The van der Waals surface area contributed by atoms with Gasteiger partial charge in [0.1, 0.15) is 24.4 Å². The Balaban J connectivity index is 2.35. The Morgan fingerprint density at radius 1 is 1.15 bits per heavy atom. The van der Waals surface area contributed by atoms with E-state index >= 15 is 0 Å². The molecule has 9 nitrogen and oxygen atoms in total. The molecule has 150 valence electrons. The maximum absolute atomic E-state index is 11.0. The molecule has 5 atom stereocenters. The highest BCUT2D eigenvalue weighted by molar-refractivity contribution is 9.18. The first-order chi connectivity index (χ1) is 12.8. The zero-order valence-electron chi connectivity index (χ0n) is 14.6. The second-order valence-corrected chi connectivity index (χ2v) is 6.49. The highest BCUT2D eigenvalue weighted by Gasteiger charge is 2.45. The summed E-state index contributed by atoms with van der Waals surface area (Å²) in [5, 5.41) is 39.1. The summed E-state index contributed by atoms with van der Waals surface area (Å²) in [6.45, 7) is -0.580. The molecule has 1 fully saturated rings. The van der Waals surface area contributed by atoms with E-state index in [0.717, 1.165) is 0 Å². The summed E-state index contributed by atoms with van der Waals surface area (Å²) in [5.74, 6) is 0.507. The van der Waals surface area contributed by atoms with Crippen LogP contribution in [0.4, 0.5) is 0 Å². The summed E-state index contributed by atoms with van der Waals surface area (Å²) in [6, 6.07) is 3.13. The molecular weight excluding hydrogens is 428 g/mol. The van der Waals surface area contributed by atoms with Crippen LogP contribution in [0.5, 0.6) is 17.2 Å². The number of aliphatic hydroxyl groups excluding tert-OH is 4. The molecule has 1 aromatic carbocycles. The summed E-state index contributed by atoms with van der Waals surface area (Å²) < 4.78 is 21.2. The van der Waals surface area contributed by atoms with Gasteiger partial charge in [0.05, 0.1) is 20.8 Å². The molecule has 1 aromatic rings. The van der Waals surface area contributed by atoms with Crippen molar-refractivity contribution in [1.82, 2.24) is 0 Å². The maximum atomic E-state index is 11.0. The Morgan fingerprint density at radius 2 is 1.74 bits per heavy atom. The SMILES string of the molecule is COc1cc(C=CC(=O)Br)cc(OC)c1O[C@H]1O[C@H](CO)[C@@H](O)[C@H](O)[C@@H]1O.